The minimum absolute atomic E-state index is 0.663. The molecule has 1 aliphatic carbocycles. The fourth-order valence-electron chi connectivity index (χ4n) is 6.47. The van der Waals surface area contributed by atoms with E-state index in [1.807, 2.05) is 0 Å². The van der Waals surface area contributed by atoms with Gasteiger partial charge in [-0.15, -0.1) is 0 Å². The molecule has 0 nitrogen and oxygen atoms in total. The van der Waals surface area contributed by atoms with Crippen LogP contribution in [0.2, 0.25) is 0 Å². The van der Waals surface area contributed by atoms with Crippen molar-refractivity contribution < 1.29 is 0 Å². The van der Waals surface area contributed by atoms with Crippen molar-refractivity contribution in [2.24, 2.45) is 16.7 Å². The van der Waals surface area contributed by atoms with Gasteiger partial charge in [0.05, 0.1) is 0 Å². The third kappa shape index (κ3) is 6.00. The molecule has 0 saturated heterocycles. The monoisotopic (exact) mass is 364 g/mol. The van der Waals surface area contributed by atoms with Crippen LogP contribution in [0.15, 0.2) is 0 Å². The van der Waals surface area contributed by atoms with E-state index in [4.69, 9.17) is 0 Å². The fraction of sp³-hybridized carbons (Fsp3) is 1.00. The smallest absolute Gasteiger partial charge is 0.0213 e. The van der Waals surface area contributed by atoms with Crippen molar-refractivity contribution in [2.45, 2.75) is 150 Å². The van der Waals surface area contributed by atoms with Crippen LogP contribution in [0.5, 0.6) is 0 Å². The lowest BCUT2D eigenvalue weighted by atomic mass is 9.45. The fourth-order valence-corrected chi connectivity index (χ4v) is 6.47. The van der Waals surface area contributed by atoms with Gasteiger partial charge in [-0.3, -0.25) is 0 Å². The maximum absolute atomic E-state index is 2.41. The van der Waals surface area contributed by atoms with Gasteiger partial charge in [0.1, 0.15) is 0 Å². The highest BCUT2D eigenvalue weighted by Gasteiger charge is 2.54. The molecule has 1 fully saturated rings. The Morgan fingerprint density at radius 1 is 0.615 bits per heavy atom. The summed E-state index contributed by atoms with van der Waals surface area (Å²) in [6, 6.07) is 0. The normalized spacial score (nSPS) is 21.8. The SMILES string of the molecule is CCCCC1CCCC(CCCC)(CCCC)C1(CCCC)CCCC. The van der Waals surface area contributed by atoms with Gasteiger partial charge in [0.15, 0.2) is 0 Å². The molecule has 26 heavy (non-hydrogen) atoms. The second kappa shape index (κ2) is 13.2. The van der Waals surface area contributed by atoms with Crippen molar-refractivity contribution in [2.75, 3.05) is 0 Å². The van der Waals surface area contributed by atoms with Gasteiger partial charge in [-0.05, 0) is 61.7 Å². The van der Waals surface area contributed by atoms with Crippen LogP contribution < -0.4 is 0 Å². The van der Waals surface area contributed by atoms with Gasteiger partial charge < -0.3 is 0 Å². The van der Waals surface area contributed by atoms with Crippen molar-refractivity contribution in [3.8, 4) is 0 Å². The van der Waals surface area contributed by atoms with Gasteiger partial charge >= 0.3 is 0 Å². The van der Waals surface area contributed by atoms with Crippen molar-refractivity contribution >= 4 is 0 Å². The second-order valence-electron chi connectivity index (χ2n) is 9.58. The molecule has 1 aliphatic rings. The Kier molecular flexibility index (Phi) is 12.2. The van der Waals surface area contributed by atoms with Gasteiger partial charge in [0.2, 0.25) is 0 Å². The average molecular weight is 365 g/mol. The number of unbranched alkanes of at least 4 members (excludes halogenated alkanes) is 5. The summed E-state index contributed by atoms with van der Waals surface area (Å²) in [6.07, 6.45) is 26.5. The minimum Gasteiger partial charge on any atom is -0.0654 e. The first-order chi connectivity index (χ1) is 12.7. The van der Waals surface area contributed by atoms with Crippen LogP contribution in [0.3, 0.4) is 0 Å². The standard InChI is InChI=1S/C26H52/c1-6-11-17-24-18-16-21-25(19-12-7-2,20-13-8-3)26(24,22-14-9-4)23-15-10-5/h24H,6-23H2,1-5H3. The zero-order valence-corrected chi connectivity index (χ0v) is 19.3. The van der Waals surface area contributed by atoms with E-state index >= 15 is 0 Å². The van der Waals surface area contributed by atoms with E-state index in [0.29, 0.717) is 10.8 Å². The highest BCUT2D eigenvalue weighted by atomic mass is 14.6. The molecule has 1 saturated carbocycles. The number of hydrogen-bond acceptors (Lipinski definition) is 0. The van der Waals surface area contributed by atoms with Crippen LogP contribution in [-0.2, 0) is 0 Å². The molecule has 0 heteroatoms. The van der Waals surface area contributed by atoms with Crippen molar-refractivity contribution in [1.82, 2.24) is 0 Å². The minimum atomic E-state index is 0.663. The second-order valence-corrected chi connectivity index (χ2v) is 9.58. The first-order valence-corrected chi connectivity index (χ1v) is 12.7. The van der Waals surface area contributed by atoms with Crippen LogP contribution in [0.1, 0.15) is 150 Å². The maximum atomic E-state index is 2.41. The van der Waals surface area contributed by atoms with Gasteiger partial charge in [-0.25, -0.2) is 0 Å². The van der Waals surface area contributed by atoms with Crippen LogP contribution in [0.25, 0.3) is 0 Å². The molecule has 156 valence electrons. The lowest BCUT2D eigenvalue weighted by Gasteiger charge is -2.60. The Balaban J connectivity index is 3.28. The van der Waals surface area contributed by atoms with Crippen LogP contribution in [0, 0.1) is 16.7 Å². The average Bonchev–Trinajstić information content (AvgIpc) is 2.67. The molecule has 1 atom stereocenters. The molecule has 0 heterocycles. The highest BCUT2D eigenvalue weighted by Crippen LogP contribution is 2.64. The summed E-state index contributed by atoms with van der Waals surface area (Å²) in [4.78, 5) is 0. The largest absolute Gasteiger partial charge is 0.0654 e. The van der Waals surface area contributed by atoms with Gasteiger partial charge in [-0.2, -0.15) is 0 Å². The summed E-state index contributed by atoms with van der Waals surface area (Å²) in [5.74, 6) is 1.02. The van der Waals surface area contributed by atoms with Crippen LogP contribution in [0.4, 0.5) is 0 Å². The molecule has 0 aliphatic heterocycles. The Morgan fingerprint density at radius 3 is 1.54 bits per heavy atom. The summed E-state index contributed by atoms with van der Waals surface area (Å²) in [5, 5.41) is 0. The topological polar surface area (TPSA) is 0 Å². The molecule has 0 aromatic carbocycles. The lowest BCUT2D eigenvalue weighted by Crippen LogP contribution is -2.50. The molecule has 0 aromatic rings. The van der Waals surface area contributed by atoms with E-state index in [2.05, 4.69) is 34.6 Å². The molecule has 0 radical (unpaired) electrons. The van der Waals surface area contributed by atoms with Gasteiger partial charge in [-0.1, -0.05) is 105 Å². The van der Waals surface area contributed by atoms with E-state index in [0.717, 1.165) is 5.92 Å². The lowest BCUT2D eigenvalue weighted by molar-refractivity contribution is -0.0994. The molecule has 1 rings (SSSR count). The summed E-state index contributed by atoms with van der Waals surface area (Å²) in [7, 11) is 0. The Bertz CT molecular complexity index is 313. The molecule has 0 bridgehead atoms. The van der Waals surface area contributed by atoms with E-state index in [1.54, 1.807) is 6.42 Å². The van der Waals surface area contributed by atoms with Crippen molar-refractivity contribution in [3.63, 3.8) is 0 Å². The van der Waals surface area contributed by atoms with E-state index in [-0.39, 0.29) is 0 Å². The summed E-state index contributed by atoms with van der Waals surface area (Å²) in [5.41, 5.74) is 1.33. The number of hydrogen-bond donors (Lipinski definition) is 0. The molecule has 0 aromatic heterocycles. The zero-order chi connectivity index (χ0) is 19.3. The molecule has 0 N–H and O–H groups in total. The predicted molar refractivity (Wildman–Crippen MR) is 120 cm³/mol. The maximum Gasteiger partial charge on any atom is -0.0213 e. The first kappa shape index (κ1) is 24.0. The zero-order valence-electron chi connectivity index (χ0n) is 19.3. The molecular formula is C26H52. The van der Waals surface area contributed by atoms with E-state index in [9.17, 15) is 0 Å². The number of rotatable bonds is 15. The van der Waals surface area contributed by atoms with E-state index < -0.39 is 0 Å². The predicted octanol–water partition coefficient (Wildman–Crippen LogP) is 9.71. The highest BCUT2D eigenvalue weighted by molar-refractivity contribution is 5.04. The molecular weight excluding hydrogens is 312 g/mol. The van der Waals surface area contributed by atoms with Crippen LogP contribution in [-0.4, -0.2) is 0 Å². The summed E-state index contributed by atoms with van der Waals surface area (Å²) < 4.78 is 0. The van der Waals surface area contributed by atoms with Crippen LogP contribution >= 0.6 is 0 Å². The van der Waals surface area contributed by atoms with E-state index in [1.165, 1.54) is 109 Å². The first-order valence-electron chi connectivity index (χ1n) is 12.7. The third-order valence-corrected chi connectivity index (χ3v) is 7.92. The molecule has 0 amide bonds. The molecule has 0 spiro atoms. The van der Waals surface area contributed by atoms with Gasteiger partial charge in [0, 0.05) is 0 Å². The quantitative estimate of drug-likeness (QED) is 0.271. The van der Waals surface area contributed by atoms with Gasteiger partial charge in [0.25, 0.3) is 0 Å². The van der Waals surface area contributed by atoms with Crippen molar-refractivity contribution in [3.05, 3.63) is 0 Å². The van der Waals surface area contributed by atoms with Crippen molar-refractivity contribution in [1.29, 1.82) is 0 Å². The molecule has 1 unspecified atom stereocenters. The Hall–Kier alpha value is 0. The third-order valence-electron chi connectivity index (χ3n) is 7.92. The Labute approximate surface area is 167 Å². The summed E-state index contributed by atoms with van der Waals surface area (Å²) in [6.45, 7) is 12.0. The Morgan fingerprint density at radius 2 is 1.08 bits per heavy atom. The summed E-state index contributed by atoms with van der Waals surface area (Å²) >= 11 is 0.